The summed E-state index contributed by atoms with van der Waals surface area (Å²) in [6, 6.07) is 0. The SMILES string of the molecule is COC(=O)C=CCCCCCCCCC(=O)NCCN. The van der Waals surface area contributed by atoms with Gasteiger partial charge in [0.1, 0.15) is 0 Å². The number of ether oxygens (including phenoxy) is 1. The van der Waals surface area contributed by atoms with E-state index in [1.54, 1.807) is 0 Å². The lowest BCUT2D eigenvalue weighted by atomic mass is 10.1. The summed E-state index contributed by atoms with van der Waals surface area (Å²) in [6.07, 6.45) is 11.5. The fraction of sp³-hybridized carbons (Fsp3) is 0.733. The van der Waals surface area contributed by atoms with Crippen LogP contribution in [0.2, 0.25) is 0 Å². The molecule has 1 amide bonds. The molecule has 0 aliphatic carbocycles. The molecule has 3 N–H and O–H groups in total. The van der Waals surface area contributed by atoms with Crippen LogP contribution in [-0.4, -0.2) is 32.1 Å². The number of carbonyl (C=O) groups is 2. The lowest BCUT2D eigenvalue weighted by Crippen LogP contribution is -2.28. The monoisotopic (exact) mass is 284 g/mol. The maximum atomic E-state index is 11.3. The summed E-state index contributed by atoms with van der Waals surface area (Å²) in [7, 11) is 1.38. The van der Waals surface area contributed by atoms with Gasteiger partial charge < -0.3 is 15.8 Å². The van der Waals surface area contributed by atoms with E-state index in [0.717, 1.165) is 38.5 Å². The zero-order valence-corrected chi connectivity index (χ0v) is 12.5. The van der Waals surface area contributed by atoms with Crippen molar-refractivity contribution < 1.29 is 14.3 Å². The lowest BCUT2D eigenvalue weighted by molar-refractivity contribution is -0.134. The Balaban J connectivity index is 3.23. The van der Waals surface area contributed by atoms with Gasteiger partial charge in [-0.3, -0.25) is 4.79 Å². The molecule has 0 aromatic heterocycles. The standard InChI is InChI=1S/C15H28N2O3/c1-20-15(19)11-9-7-5-3-2-4-6-8-10-14(18)17-13-12-16/h9,11H,2-8,10,12-13,16H2,1H3,(H,17,18). The Bertz CT molecular complexity index is 291. The largest absolute Gasteiger partial charge is 0.466 e. The van der Waals surface area contributed by atoms with E-state index in [0.29, 0.717) is 19.5 Å². The summed E-state index contributed by atoms with van der Waals surface area (Å²) in [5.74, 6) is -0.193. The first-order valence-corrected chi connectivity index (χ1v) is 7.42. The van der Waals surface area contributed by atoms with Gasteiger partial charge in [0.25, 0.3) is 0 Å². The second-order valence-corrected chi connectivity index (χ2v) is 4.72. The smallest absolute Gasteiger partial charge is 0.330 e. The number of hydrogen-bond acceptors (Lipinski definition) is 4. The van der Waals surface area contributed by atoms with E-state index in [-0.39, 0.29) is 11.9 Å². The van der Waals surface area contributed by atoms with Crippen molar-refractivity contribution in [1.29, 1.82) is 0 Å². The van der Waals surface area contributed by atoms with Gasteiger partial charge in [-0.2, -0.15) is 0 Å². The van der Waals surface area contributed by atoms with Gasteiger partial charge in [-0.15, -0.1) is 0 Å². The van der Waals surface area contributed by atoms with Crippen molar-refractivity contribution in [3.05, 3.63) is 12.2 Å². The highest BCUT2D eigenvalue weighted by Crippen LogP contribution is 2.08. The summed E-state index contributed by atoms with van der Waals surface area (Å²) in [5, 5.41) is 2.76. The number of allylic oxidation sites excluding steroid dienone is 1. The topological polar surface area (TPSA) is 81.4 Å². The molecule has 0 heterocycles. The number of rotatable bonds is 12. The number of unbranched alkanes of at least 4 members (excludes halogenated alkanes) is 6. The second-order valence-electron chi connectivity index (χ2n) is 4.72. The highest BCUT2D eigenvalue weighted by Gasteiger charge is 1.99. The number of amides is 1. The van der Waals surface area contributed by atoms with Crippen LogP contribution in [0.25, 0.3) is 0 Å². The normalized spacial score (nSPS) is 10.7. The average molecular weight is 284 g/mol. The van der Waals surface area contributed by atoms with Gasteiger partial charge in [0.15, 0.2) is 0 Å². The van der Waals surface area contributed by atoms with Gasteiger partial charge >= 0.3 is 5.97 Å². The van der Waals surface area contributed by atoms with Crippen molar-refractivity contribution in [1.82, 2.24) is 5.32 Å². The van der Waals surface area contributed by atoms with E-state index in [1.165, 1.54) is 19.6 Å². The maximum absolute atomic E-state index is 11.3. The molecule has 0 saturated heterocycles. The Morgan fingerprint density at radius 1 is 1.10 bits per heavy atom. The Kier molecular flexibility index (Phi) is 13.1. The van der Waals surface area contributed by atoms with Crippen molar-refractivity contribution >= 4 is 11.9 Å². The van der Waals surface area contributed by atoms with E-state index in [1.807, 2.05) is 6.08 Å². The molecule has 0 aliphatic heterocycles. The van der Waals surface area contributed by atoms with Crippen molar-refractivity contribution in [2.45, 2.75) is 51.4 Å². The fourth-order valence-corrected chi connectivity index (χ4v) is 1.80. The number of methoxy groups -OCH3 is 1. The van der Waals surface area contributed by atoms with Crippen molar-refractivity contribution in [2.75, 3.05) is 20.2 Å². The third-order valence-corrected chi connectivity index (χ3v) is 2.95. The molecule has 5 nitrogen and oxygen atoms in total. The summed E-state index contributed by atoms with van der Waals surface area (Å²) >= 11 is 0. The zero-order valence-electron chi connectivity index (χ0n) is 12.5. The van der Waals surface area contributed by atoms with Gasteiger partial charge in [0.2, 0.25) is 5.91 Å². The predicted octanol–water partition coefficient (Wildman–Crippen LogP) is 1.91. The molecule has 0 unspecified atom stereocenters. The van der Waals surface area contributed by atoms with Crippen LogP contribution in [-0.2, 0) is 14.3 Å². The van der Waals surface area contributed by atoms with Crippen LogP contribution in [0.3, 0.4) is 0 Å². The Hall–Kier alpha value is -1.36. The number of nitrogens with one attached hydrogen (secondary N) is 1. The van der Waals surface area contributed by atoms with E-state index in [4.69, 9.17) is 5.73 Å². The first-order valence-electron chi connectivity index (χ1n) is 7.42. The molecule has 20 heavy (non-hydrogen) atoms. The zero-order chi connectivity index (χ0) is 15.1. The summed E-state index contributed by atoms with van der Waals surface area (Å²) in [4.78, 5) is 22.1. The van der Waals surface area contributed by atoms with Gasteiger partial charge in [-0.25, -0.2) is 4.79 Å². The quantitative estimate of drug-likeness (QED) is 0.326. The van der Waals surface area contributed by atoms with Crippen LogP contribution in [0.15, 0.2) is 12.2 Å². The van der Waals surface area contributed by atoms with E-state index < -0.39 is 0 Å². The second kappa shape index (κ2) is 14.1. The number of nitrogens with two attached hydrogens (primary N) is 1. The molecule has 0 fully saturated rings. The number of carbonyl (C=O) groups excluding carboxylic acids is 2. The van der Waals surface area contributed by atoms with Crippen molar-refractivity contribution in [2.24, 2.45) is 5.73 Å². The Morgan fingerprint density at radius 2 is 1.75 bits per heavy atom. The van der Waals surface area contributed by atoms with Crippen molar-refractivity contribution in [3.63, 3.8) is 0 Å². The molecule has 0 aromatic rings. The molecule has 0 aromatic carbocycles. The summed E-state index contributed by atoms with van der Waals surface area (Å²) in [5.41, 5.74) is 5.30. The molecule has 116 valence electrons. The Morgan fingerprint density at radius 3 is 2.40 bits per heavy atom. The van der Waals surface area contributed by atoms with E-state index in [2.05, 4.69) is 10.1 Å². The molecule has 0 aliphatic rings. The fourth-order valence-electron chi connectivity index (χ4n) is 1.80. The molecule has 0 radical (unpaired) electrons. The molecule has 5 heteroatoms. The van der Waals surface area contributed by atoms with Crippen LogP contribution >= 0.6 is 0 Å². The molecule has 0 spiro atoms. The van der Waals surface area contributed by atoms with Gasteiger partial charge in [-0.1, -0.05) is 31.8 Å². The molecular formula is C15H28N2O3. The number of hydrogen-bond donors (Lipinski definition) is 2. The minimum atomic E-state index is -0.294. The number of esters is 1. The first kappa shape index (κ1) is 18.6. The van der Waals surface area contributed by atoms with Gasteiger partial charge in [0.05, 0.1) is 7.11 Å². The maximum Gasteiger partial charge on any atom is 0.330 e. The summed E-state index contributed by atoms with van der Waals surface area (Å²) in [6.45, 7) is 1.06. The highest BCUT2D eigenvalue weighted by atomic mass is 16.5. The van der Waals surface area contributed by atoms with Crippen LogP contribution in [0.1, 0.15) is 51.4 Å². The molecule has 0 rings (SSSR count). The molecule has 0 atom stereocenters. The van der Waals surface area contributed by atoms with E-state index in [9.17, 15) is 9.59 Å². The molecular weight excluding hydrogens is 256 g/mol. The van der Waals surface area contributed by atoms with Crippen molar-refractivity contribution in [3.8, 4) is 0 Å². The minimum Gasteiger partial charge on any atom is -0.466 e. The van der Waals surface area contributed by atoms with Gasteiger partial charge in [-0.05, 0) is 19.3 Å². The highest BCUT2D eigenvalue weighted by molar-refractivity contribution is 5.81. The average Bonchev–Trinajstić information content (AvgIpc) is 2.46. The predicted molar refractivity (Wildman–Crippen MR) is 80.2 cm³/mol. The first-order chi connectivity index (χ1) is 9.70. The molecule has 0 bridgehead atoms. The van der Waals surface area contributed by atoms with Crippen LogP contribution in [0, 0.1) is 0 Å². The third kappa shape index (κ3) is 13.1. The lowest BCUT2D eigenvalue weighted by Gasteiger charge is -2.03. The van der Waals surface area contributed by atoms with Crippen LogP contribution in [0.5, 0.6) is 0 Å². The minimum absolute atomic E-state index is 0.100. The molecule has 0 saturated carbocycles. The third-order valence-electron chi connectivity index (χ3n) is 2.95. The van der Waals surface area contributed by atoms with Gasteiger partial charge in [0, 0.05) is 25.6 Å². The van der Waals surface area contributed by atoms with Crippen LogP contribution < -0.4 is 11.1 Å². The Labute approximate surface area is 121 Å². The van der Waals surface area contributed by atoms with E-state index >= 15 is 0 Å². The van der Waals surface area contributed by atoms with Crippen LogP contribution in [0.4, 0.5) is 0 Å². The summed E-state index contributed by atoms with van der Waals surface area (Å²) < 4.78 is 4.50.